The zero-order valence-corrected chi connectivity index (χ0v) is 15.4. The van der Waals surface area contributed by atoms with Gasteiger partial charge in [-0.05, 0) is 18.4 Å². The quantitative estimate of drug-likeness (QED) is 0.585. The van der Waals surface area contributed by atoms with Gasteiger partial charge in [0, 0.05) is 0 Å². The van der Waals surface area contributed by atoms with Gasteiger partial charge in [-0.25, -0.2) is 19.6 Å². The predicted octanol–water partition coefficient (Wildman–Crippen LogP) is 1.55. The Balaban J connectivity index is 2.38. The molecule has 0 aliphatic rings. The molecule has 0 aliphatic heterocycles. The third-order valence-corrected chi connectivity index (χ3v) is 4.65. The van der Waals surface area contributed by atoms with Crippen LogP contribution in [0, 0.1) is 12.8 Å². The number of nitrogens with zero attached hydrogens (tertiary/aromatic N) is 2. The van der Waals surface area contributed by atoms with E-state index >= 15 is 0 Å². The summed E-state index contributed by atoms with van der Waals surface area (Å²) in [5.41, 5.74) is 5.68. The fraction of sp³-hybridized carbons (Fsp3) is 0.438. The van der Waals surface area contributed by atoms with E-state index in [0.717, 1.165) is 11.3 Å². The van der Waals surface area contributed by atoms with Gasteiger partial charge in [-0.15, -0.1) is 11.3 Å². The van der Waals surface area contributed by atoms with Gasteiger partial charge >= 0.3 is 11.9 Å². The lowest BCUT2D eigenvalue weighted by Crippen LogP contribution is -2.34. The Bertz CT molecular complexity index is 849. The van der Waals surface area contributed by atoms with Crippen LogP contribution in [0.5, 0.6) is 0 Å². The molecule has 2 rings (SSSR count). The second-order valence-corrected chi connectivity index (χ2v) is 7.16. The molecule has 1 unspecified atom stereocenters. The third-order valence-electron chi connectivity index (χ3n) is 3.47. The number of amides is 1. The van der Waals surface area contributed by atoms with Crippen LogP contribution in [0.4, 0.5) is 5.82 Å². The van der Waals surface area contributed by atoms with Crippen LogP contribution < -0.4 is 11.1 Å². The Hall–Kier alpha value is -2.75. The molecule has 1 atom stereocenters. The van der Waals surface area contributed by atoms with Gasteiger partial charge in [-0.3, -0.25) is 4.79 Å². The summed E-state index contributed by atoms with van der Waals surface area (Å²) in [6.07, 6.45) is 0.861. The van der Waals surface area contributed by atoms with E-state index in [0.29, 0.717) is 27.3 Å². The maximum atomic E-state index is 12.3. The summed E-state index contributed by atoms with van der Waals surface area (Å²) in [6, 6.07) is -1.23. The minimum Gasteiger partial charge on any atom is -0.480 e. The van der Waals surface area contributed by atoms with Gasteiger partial charge in [-0.2, -0.15) is 0 Å². The first-order valence-corrected chi connectivity index (χ1v) is 8.71. The highest BCUT2D eigenvalue weighted by molar-refractivity contribution is 7.20. The average Bonchev–Trinajstić information content (AvgIpc) is 2.89. The van der Waals surface area contributed by atoms with Gasteiger partial charge < -0.3 is 20.9 Å². The van der Waals surface area contributed by atoms with Crippen molar-refractivity contribution in [2.75, 3.05) is 11.9 Å². The Morgan fingerprint density at radius 2 is 2.04 bits per heavy atom. The molecule has 2 heterocycles. The van der Waals surface area contributed by atoms with E-state index in [1.165, 1.54) is 6.33 Å². The number of nitrogens with two attached hydrogens (primary N) is 1. The SMILES string of the molecule is Cc1c(C(=O)OCC(C)C)sc2ncnc(NC(CC(N)=O)C(=O)O)c12. The molecule has 2 aromatic heterocycles. The number of thiophene rings is 1. The summed E-state index contributed by atoms with van der Waals surface area (Å²) < 4.78 is 5.26. The van der Waals surface area contributed by atoms with Crippen molar-refractivity contribution in [3.63, 3.8) is 0 Å². The number of hydrogen-bond donors (Lipinski definition) is 3. The number of esters is 1. The molecule has 0 saturated heterocycles. The number of carboxylic acid groups (broad SMARTS) is 1. The summed E-state index contributed by atoms with van der Waals surface area (Å²) in [4.78, 5) is 43.8. The fourth-order valence-corrected chi connectivity index (χ4v) is 3.29. The van der Waals surface area contributed by atoms with Gasteiger partial charge in [0.2, 0.25) is 5.91 Å². The maximum Gasteiger partial charge on any atom is 0.348 e. The standard InChI is InChI=1S/C16H20N4O5S/c1-7(2)5-25-16(24)12-8(3)11-13(18-6-19-14(11)26-12)20-9(15(22)23)4-10(17)21/h6-7,9H,4-5H2,1-3H3,(H2,17,21)(H,22,23)(H,18,19,20). The monoisotopic (exact) mass is 380 g/mol. The molecule has 10 heteroatoms. The minimum absolute atomic E-state index is 0.204. The van der Waals surface area contributed by atoms with E-state index in [2.05, 4.69) is 15.3 Å². The zero-order valence-electron chi connectivity index (χ0n) is 14.6. The molecule has 0 saturated carbocycles. The number of aryl methyl sites for hydroxylation is 1. The molecule has 1 amide bonds. The second kappa shape index (κ2) is 8.09. The van der Waals surface area contributed by atoms with Crippen LogP contribution in [0.1, 0.15) is 35.5 Å². The Morgan fingerprint density at radius 1 is 1.35 bits per heavy atom. The van der Waals surface area contributed by atoms with E-state index < -0.39 is 30.3 Å². The molecule has 0 radical (unpaired) electrons. The van der Waals surface area contributed by atoms with E-state index in [1.807, 2.05) is 13.8 Å². The van der Waals surface area contributed by atoms with Crippen molar-refractivity contribution < 1.29 is 24.2 Å². The van der Waals surface area contributed by atoms with Gasteiger partial charge in [0.05, 0.1) is 18.4 Å². The number of aromatic nitrogens is 2. The summed E-state index contributed by atoms with van der Waals surface area (Å²) >= 11 is 1.14. The van der Waals surface area contributed by atoms with Crippen molar-refractivity contribution >= 4 is 45.2 Å². The van der Waals surface area contributed by atoms with E-state index in [1.54, 1.807) is 6.92 Å². The normalized spacial score (nSPS) is 12.2. The van der Waals surface area contributed by atoms with Crippen LogP contribution in [0.25, 0.3) is 10.2 Å². The van der Waals surface area contributed by atoms with Gasteiger partial charge in [0.15, 0.2) is 0 Å². The Morgan fingerprint density at radius 3 is 2.62 bits per heavy atom. The number of fused-ring (bicyclic) bond motifs is 1. The molecule has 26 heavy (non-hydrogen) atoms. The number of aliphatic carboxylic acids is 1. The largest absolute Gasteiger partial charge is 0.480 e. The molecule has 9 nitrogen and oxygen atoms in total. The topological polar surface area (TPSA) is 144 Å². The van der Waals surface area contributed by atoms with Gasteiger partial charge in [-0.1, -0.05) is 13.8 Å². The Kier molecular flexibility index (Phi) is 6.09. The van der Waals surface area contributed by atoms with Crippen LogP contribution in [-0.4, -0.2) is 45.6 Å². The summed E-state index contributed by atoms with van der Waals surface area (Å²) in [7, 11) is 0. The van der Waals surface area contributed by atoms with Crippen LogP contribution in [-0.2, 0) is 14.3 Å². The van der Waals surface area contributed by atoms with Crippen molar-refractivity contribution in [1.29, 1.82) is 0 Å². The van der Waals surface area contributed by atoms with Crippen molar-refractivity contribution in [2.24, 2.45) is 11.7 Å². The van der Waals surface area contributed by atoms with Crippen LogP contribution in [0.15, 0.2) is 6.33 Å². The molecule has 0 fully saturated rings. The van der Waals surface area contributed by atoms with Crippen LogP contribution >= 0.6 is 11.3 Å². The highest BCUT2D eigenvalue weighted by atomic mass is 32.1. The minimum atomic E-state index is -1.24. The number of carbonyl (C=O) groups excluding carboxylic acids is 2. The number of ether oxygens (including phenoxy) is 1. The molecular weight excluding hydrogens is 360 g/mol. The van der Waals surface area contributed by atoms with Crippen LogP contribution in [0.3, 0.4) is 0 Å². The van der Waals surface area contributed by atoms with Gasteiger partial charge in [0.1, 0.15) is 27.9 Å². The maximum absolute atomic E-state index is 12.3. The third kappa shape index (κ3) is 4.45. The molecule has 0 spiro atoms. The number of primary amides is 1. The van der Waals surface area contributed by atoms with E-state index in [-0.39, 0.29) is 11.7 Å². The molecule has 140 valence electrons. The number of hydrogen-bond acceptors (Lipinski definition) is 8. The van der Waals surface area contributed by atoms with Crippen molar-refractivity contribution in [3.05, 3.63) is 16.8 Å². The highest BCUT2D eigenvalue weighted by Crippen LogP contribution is 2.34. The van der Waals surface area contributed by atoms with Crippen molar-refractivity contribution in [1.82, 2.24) is 9.97 Å². The number of rotatable bonds is 8. The molecule has 0 aromatic carbocycles. The number of carbonyl (C=O) groups is 3. The van der Waals surface area contributed by atoms with Crippen molar-refractivity contribution in [2.45, 2.75) is 33.2 Å². The zero-order chi connectivity index (χ0) is 19.4. The number of carboxylic acids is 1. The first-order chi connectivity index (χ1) is 12.2. The average molecular weight is 380 g/mol. The Labute approximate surface area is 153 Å². The number of nitrogens with one attached hydrogen (secondary N) is 1. The lowest BCUT2D eigenvalue weighted by molar-refractivity contribution is -0.139. The second-order valence-electron chi connectivity index (χ2n) is 6.16. The summed E-state index contributed by atoms with van der Waals surface area (Å²) in [5, 5.41) is 12.5. The molecule has 4 N–H and O–H groups in total. The van der Waals surface area contributed by atoms with E-state index in [9.17, 15) is 19.5 Å². The van der Waals surface area contributed by atoms with Crippen molar-refractivity contribution in [3.8, 4) is 0 Å². The molecule has 0 aliphatic carbocycles. The predicted molar refractivity (Wildman–Crippen MR) is 96.1 cm³/mol. The lowest BCUT2D eigenvalue weighted by Gasteiger charge is -2.14. The molecule has 2 aromatic rings. The van der Waals surface area contributed by atoms with Crippen LogP contribution in [0.2, 0.25) is 0 Å². The first-order valence-electron chi connectivity index (χ1n) is 7.89. The fourth-order valence-electron chi connectivity index (χ4n) is 2.25. The van der Waals surface area contributed by atoms with Gasteiger partial charge in [0.25, 0.3) is 0 Å². The smallest absolute Gasteiger partial charge is 0.348 e. The number of anilines is 1. The summed E-state index contributed by atoms with van der Waals surface area (Å²) in [5.74, 6) is -2.02. The van der Waals surface area contributed by atoms with E-state index in [4.69, 9.17) is 10.5 Å². The lowest BCUT2D eigenvalue weighted by atomic mass is 10.1. The first kappa shape index (κ1) is 19.6. The highest BCUT2D eigenvalue weighted by Gasteiger charge is 2.25. The summed E-state index contributed by atoms with van der Waals surface area (Å²) in [6.45, 7) is 5.87. The molecular formula is C16H20N4O5S. The molecule has 0 bridgehead atoms.